The van der Waals surface area contributed by atoms with Gasteiger partial charge in [-0.15, -0.1) is 0 Å². The quantitative estimate of drug-likeness (QED) is 0.806. The fraction of sp³-hybridized carbons (Fsp3) is 0.308. The van der Waals surface area contributed by atoms with Crippen molar-refractivity contribution in [1.29, 1.82) is 0 Å². The minimum Gasteiger partial charge on any atom is -0.395 e. The lowest BCUT2D eigenvalue weighted by Gasteiger charge is -2.03. The normalized spacial score (nSPS) is 9.35. The number of benzene rings is 1. The van der Waals surface area contributed by atoms with Gasteiger partial charge in [-0.1, -0.05) is 23.4 Å². The SMILES string of the molecule is CCNC(=O)c1ccc(C#CCCO)c(Cl)c1. The van der Waals surface area contributed by atoms with Gasteiger partial charge in [0.1, 0.15) is 0 Å². The van der Waals surface area contributed by atoms with Gasteiger partial charge >= 0.3 is 0 Å². The molecule has 0 spiro atoms. The van der Waals surface area contributed by atoms with Crippen LogP contribution in [0.2, 0.25) is 5.02 Å². The lowest BCUT2D eigenvalue weighted by Crippen LogP contribution is -2.22. The summed E-state index contributed by atoms with van der Waals surface area (Å²) in [5.41, 5.74) is 1.18. The summed E-state index contributed by atoms with van der Waals surface area (Å²) >= 11 is 6.01. The van der Waals surface area contributed by atoms with E-state index >= 15 is 0 Å². The van der Waals surface area contributed by atoms with Gasteiger partial charge < -0.3 is 10.4 Å². The highest BCUT2D eigenvalue weighted by Gasteiger charge is 2.06. The molecule has 0 saturated carbocycles. The van der Waals surface area contributed by atoms with Crippen LogP contribution in [0.25, 0.3) is 0 Å². The van der Waals surface area contributed by atoms with Crippen LogP contribution in [0.4, 0.5) is 0 Å². The molecular weight excluding hydrogens is 238 g/mol. The van der Waals surface area contributed by atoms with Crippen LogP contribution in [-0.4, -0.2) is 24.2 Å². The van der Waals surface area contributed by atoms with Gasteiger partial charge in [-0.05, 0) is 25.1 Å². The Bertz CT molecular complexity index is 460. The molecule has 0 aromatic heterocycles. The van der Waals surface area contributed by atoms with Crippen LogP contribution < -0.4 is 5.32 Å². The van der Waals surface area contributed by atoms with E-state index in [2.05, 4.69) is 17.2 Å². The van der Waals surface area contributed by atoms with Gasteiger partial charge in [0.25, 0.3) is 5.91 Å². The molecule has 0 fully saturated rings. The van der Waals surface area contributed by atoms with E-state index in [0.29, 0.717) is 29.1 Å². The molecule has 0 atom stereocenters. The van der Waals surface area contributed by atoms with Gasteiger partial charge in [-0.3, -0.25) is 4.79 Å². The molecule has 90 valence electrons. The number of amides is 1. The second kappa shape index (κ2) is 6.95. The third kappa shape index (κ3) is 4.10. The Kier molecular flexibility index (Phi) is 5.55. The number of aliphatic hydroxyl groups is 1. The van der Waals surface area contributed by atoms with Crippen LogP contribution in [0.15, 0.2) is 18.2 Å². The molecule has 1 rings (SSSR count). The highest BCUT2D eigenvalue weighted by Crippen LogP contribution is 2.17. The van der Waals surface area contributed by atoms with Gasteiger partial charge in [0.2, 0.25) is 0 Å². The van der Waals surface area contributed by atoms with Crippen molar-refractivity contribution >= 4 is 17.5 Å². The average molecular weight is 252 g/mol. The van der Waals surface area contributed by atoms with Crippen LogP contribution in [0, 0.1) is 11.8 Å². The molecule has 1 amide bonds. The zero-order valence-electron chi connectivity index (χ0n) is 9.59. The van der Waals surface area contributed by atoms with Crippen molar-refractivity contribution in [2.75, 3.05) is 13.2 Å². The molecule has 0 heterocycles. The maximum atomic E-state index is 11.5. The summed E-state index contributed by atoms with van der Waals surface area (Å²) in [6.45, 7) is 2.46. The van der Waals surface area contributed by atoms with Gasteiger partial charge in [0, 0.05) is 24.1 Å². The number of carbonyl (C=O) groups excluding carboxylic acids is 1. The molecule has 0 unspecified atom stereocenters. The van der Waals surface area contributed by atoms with Crippen molar-refractivity contribution in [3.8, 4) is 11.8 Å². The smallest absolute Gasteiger partial charge is 0.251 e. The molecule has 0 aliphatic carbocycles. The zero-order chi connectivity index (χ0) is 12.7. The van der Waals surface area contributed by atoms with E-state index in [-0.39, 0.29) is 12.5 Å². The summed E-state index contributed by atoms with van der Waals surface area (Å²) < 4.78 is 0. The van der Waals surface area contributed by atoms with Gasteiger partial charge in [0.15, 0.2) is 0 Å². The molecular formula is C13H14ClNO2. The number of carbonyl (C=O) groups is 1. The van der Waals surface area contributed by atoms with Crippen molar-refractivity contribution < 1.29 is 9.90 Å². The van der Waals surface area contributed by atoms with Gasteiger partial charge in [-0.2, -0.15) is 0 Å². The van der Waals surface area contributed by atoms with Crippen LogP contribution in [0.1, 0.15) is 29.3 Å². The molecule has 0 aliphatic heterocycles. The van der Waals surface area contributed by atoms with E-state index in [0.717, 1.165) is 0 Å². The third-order valence-corrected chi connectivity index (χ3v) is 2.34. The highest BCUT2D eigenvalue weighted by atomic mass is 35.5. The highest BCUT2D eigenvalue weighted by molar-refractivity contribution is 6.32. The molecule has 3 nitrogen and oxygen atoms in total. The number of rotatable bonds is 3. The van der Waals surface area contributed by atoms with E-state index in [1.54, 1.807) is 18.2 Å². The predicted octanol–water partition coefficient (Wildman–Crippen LogP) is 1.82. The summed E-state index contributed by atoms with van der Waals surface area (Å²) in [5.74, 6) is 5.47. The summed E-state index contributed by atoms with van der Waals surface area (Å²) in [7, 11) is 0. The summed E-state index contributed by atoms with van der Waals surface area (Å²) in [6.07, 6.45) is 0.411. The molecule has 0 bridgehead atoms. The Morgan fingerprint density at radius 2 is 2.29 bits per heavy atom. The van der Waals surface area contributed by atoms with E-state index in [9.17, 15) is 4.79 Å². The molecule has 4 heteroatoms. The van der Waals surface area contributed by atoms with E-state index in [4.69, 9.17) is 16.7 Å². The van der Waals surface area contributed by atoms with Crippen LogP contribution in [0.3, 0.4) is 0 Å². The Hall–Kier alpha value is -1.50. The number of halogens is 1. The molecule has 0 aliphatic rings. The predicted molar refractivity (Wildman–Crippen MR) is 68.0 cm³/mol. The lowest BCUT2D eigenvalue weighted by molar-refractivity contribution is 0.0956. The monoisotopic (exact) mass is 251 g/mol. The van der Waals surface area contributed by atoms with Gasteiger partial charge in [-0.25, -0.2) is 0 Å². The van der Waals surface area contributed by atoms with Crippen LogP contribution >= 0.6 is 11.6 Å². The van der Waals surface area contributed by atoms with Crippen molar-refractivity contribution in [3.05, 3.63) is 34.3 Å². The Balaban J connectivity index is 2.87. The minimum absolute atomic E-state index is 0.0294. The van der Waals surface area contributed by atoms with Gasteiger partial charge in [0.05, 0.1) is 11.6 Å². The van der Waals surface area contributed by atoms with Crippen molar-refractivity contribution in [3.63, 3.8) is 0 Å². The summed E-state index contributed by atoms with van der Waals surface area (Å²) in [4.78, 5) is 11.5. The fourth-order valence-electron chi connectivity index (χ4n) is 1.23. The second-order valence-corrected chi connectivity index (χ2v) is 3.74. The topological polar surface area (TPSA) is 49.3 Å². The standard InChI is InChI=1S/C13H14ClNO2/c1-2-15-13(17)11-7-6-10(12(14)9-11)5-3-4-8-16/h6-7,9,16H,2,4,8H2,1H3,(H,15,17). The van der Waals surface area contributed by atoms with E-state index in [1.807, 2.05) is 6.92 Å². The van der Waals surface area contributed by atoms with E-state index in [1.165, 1.54) is 0 Å². The first-order valence-corrected chi connectivity index (χ1v) is 5.74. The molecule has 0 saturated heterocycles. The molecule has 1 aromatic carbocycles. The Labute approximate surface area is 106 Å². The third-order valence-electron chi connectivity index (χ3n) is 2.03. The molecule has 17 heavy (non-hydrogen) atoms. The van der Waals surface area contributed by atoms with Crippen LogP contribution in [0.5, 0.6) is 0 Å². The maximum Gasteiger partial charge on any atom is 0.251 e. The number of nitrogens with one attached hydrogen (secondary N) is 1. The summed E-state index contributed by atoms with van der Waals surface area (Å²) in [5, 5.41) is 11.7. The average Bonchev–Trinajstić information content (AvgIpc) is 2.31. The maximum absolute atomic E-state index is 11.5. The second-order valence-electron chi connectivity index (χ2n) is 3.33. The van der Waals surface area contributed by atoms with Crippen molar-refractivity contribution in [1.82, 2.24) is 5.32 Å². The Morgan fingerprint density at radius 1 is 1.53 bits per heavy atom. The largest absolute Gasteiger partial charge is 0.395 e. The number of hydrogen-bond donors (Lipinski definition) is 2. The lowest BCUT2D eigenvalue weighted by atomic mass is 10.1. The van der Waals surface area contributed by atoms with Crippen molar-refractivity contribution in [2.45, 2.75) is 13.3 Å². The number of aliphatic hydroxyl groups excluding tert-OH is 1. The first-order valence-electron chi connectivity index (χ1n) is 5.36. The van der Waals surface area contributed by atoms with Crippen molar-refractivity contribution in [2.24, 2.45) is 0 Å². The van der Waals surface area contributed by atoms with E-state index < -0.39 is 0 Å². The molecule has 0 radical (unpaired) electrons. The first-order chi connectivity index (χ1) is 8.19. The number of hydrogen-bond acceptors (Lipinski definition) is 2. The minimum atomic E-state index is -0.149. The molecule has 2 N–H and O–H groups in total. The van der Waals surface area contributed by atoms with Crippen LogP contribution in [-0.2, 0) is 0 Å². The summed E-state index contributed by atoms with van der Waals surface area (Å²) in [6, 6.07) is 4.98. The zero-order valence-corrected chi connectivity index (χ0v) is 10.3. The molecule has 1 aromatic rings. The first kappa shape index (κ1) is 13.6. The fourth-order valence-corrected chi connectivity index (χ4v) is 1.46. The Morgan fingerprint density at radius 3 is 2.88 bits per heavy atom.